The normalized spacial score (nSPS) is 16.6. The molecule has 12 heavy (non-hydrogen) atoms. The lowest BCUT2D eigenvalue weighted by Gasteiger charge is -1.96. The third-order valence-electron chi connectivity index (χ3n) is 2.34. The number of aromatic amines is 1. The van der Waals surface area contributed by atoms with Crippen LogP contribution in [0.5, 0.6) is 0 Å². The second-order valence-corrected chi connectivity index (χ2v) is 3.17. The number of rotatable bonds is 0. The maximum atomic E-state index is 11.4. The largest absolute Gasteiger partial charge is 0.364 e. The molecule has 0 atom stereocenters. The van der Waals surface area contributed by atoms with Gasteiger partial charge in [-0.3, -0.25) is 4.79 Å². The fourth-order valence-corrected chi connectivity index (χ4v) is 1.64. The summed E-state index contributed by atoms with van der Waals surface area (Å²) in [5.41, 5.74) is 3.14. The SMILES string of the molecule is Cc1[nH]cc2c1CCCNC2=O. The second kappa shape index (κ2) is 2.66. The zero-order valence-corrected chi connectivity index (χ0v) is 7.11. The molecule has 0 spiro atoms. The Morgan fingerprint density at radius 2 is 2.33 bits per heavy atom. The van der Waals surface area contributed by atoms with Crippen LogP contribution >= 0.6 is 0 Å². The Morgan fingerprint density at radius 1 is 1.50 bits per heavy atom. The summed E-state index contributed by atoms with van der Waals surface area (Å²) in [5, 5.41) is 2.86. The minimum atomic E-state index is 0.0619. The Morgan fingerprint density at radius 3 is 3.17 bits per heavy atom. The van der Waals surface area contributed by atoms with E-state index in [1.54, 1.807) is 6.20 Å². The van der Waals surface area contributed by atoms with E-state index in [9.17, 15) is 4.79 Å². The molecule has 2 N–H and O–H groups in total. The molecule has 1 amide bonds. The average Bonchev–Trinajstić information content (AvgIpc) is 2.30. The van der Waals surface area contributed by atoms with Gasteiger partial charge in [-0.15, -0.1) is 0 Å². The molecule has 2 rings (SSSR count). The van der Waals surface area contributed by atoms with Crippen LogP contribution in [0.1, 0.15) is 28.0 Å². The minimum absolute atomic E-state index is 0.0619. The molecule has 3 nitrogen and oxygen atoms in total. The van der Waals surface area contributed by atoms with E-state index in [2.05, 4.69) is 10.3 Å². The quantitative estimate of drug-likeness (QED) is 0.590. The molecule has 64 valence electrons. The molecule has 0 unspecified atom stereocenters. The van der Waals surface area contributed by atoms with Crippen molar-refractivity contribution in [2.75, 3.05) is 6.54 Å². The summed E-state index contributed by atoms with van der Waals surface area (Å²) in [6.45, 7) is 2.81. The van der Waals surface area contributed by atoms with Crippen LogP contribution in [0, 0.1) is 6.92 Å². The molecule has 0 aromatic carbocycles. The van der Waals surface area contributed by atoms with Crippen LogP contribution in [0.25, 0.3) is 0 Å². The number of hydrogen-bond acceptors (Lipinski definition) is 1. The van der Waals surface area contributed by atoms with Gasteiger partial charge in [0.1, 0.15) is 0 Å². The number of amides is 1. The van der Waals surface area contributed by atoms with Gasteiger partial charge in [0.25, 0.3) is 5.91 Å². The van der Waals surface area contributed by atoms with Gasteiger partial charge in [-0.2, -0.15) is 0 Å². The number of H-pyrrole nitrogens is 1. The zero-order valence-electron chi connectivity index (χ0n) is 7.11. The first-order valence-electron chi connectivity index (χ1n) is 4.24. The molecule has 0 radical (unpaired) electrons. The number of carbonyl (C=O) groups is 1. The maximum absolute atomic E-state index is 11.4. The van der Waals surface area contributed by atoms with Crippen molar-refractivity contribution in [3.05, 3.63) is 23.0 Å². The van der Waals surface area contributed by atoms with Crippen LogP contribution < -0.4 is 5.32 Å². The van der Waals surface area contributed by atoms with E-state index in [1.807, 2.05) is 6.92 Å². The van der Waals surface area contributed by atoms with Crippen molar-refractivity contribution < 1.29 is 4.79 Å². The summed E-state index contributed by atoms with van der Waals surface area (Å²) in [5.74, 6) is 0.0619. The second-order valence-electron chi connectivity index (χ2n) is 3.17. The molecule has 1 aliphatic rings. The summed E-state index contributed by atoms with van der Waals surface area (Å²) in [6, 6.07) is 0. The van der Waals surface area contributed by atoms with Crippen LogP contribution in [0.3, 0.4) is 0 Å². The van der Waals surface area contributed by atoms with Crippen molar-refractivity contribution in [2.24, 2.45) is 0 Å². The summed E-state index contributed by atoms with van der Waals surface area (Å²) in [6.07, 6.45) is 3.84. The van der Waals surface area contributed by atoms with Crippen molar-refractivity contribution in [1.82, 2.24) is 10.3 Å². The summed E-state index contributed by atoms with van der Waals surface area (Å²) < 4.78 is 0. The molecule has 0 saturated carbocycles. The van der Waals surface area contributed by atoms with Gasteiger partial charge in [0, 0.05) is 18.4 Å². The topological polar surface area (TPSA) is 44.9 Å². The number of fused-ring (bicyclic) bond motifs is 1. The van der Waals surface area contributed by atoms with Crippen LogP contribution in [0.4, 0.5) is 0 Å². The van der Waals surface area contributed by atoms with Gasteiger partial charge in [0.2, 0.25) is 0 Å². The molecule has 0 bridgehead atoms. The van der Waals surface area contributed by atoms with Gasteiger partial charge in [0.15, 0.2) is 0 Å². The predicted molar refractivity (Wildman–Crippen MR) is 46.2 cm³/mol. The first-order valence-corrected chi connectivity index (χ1v) is 4.24. The summed E-state index contributed by atoms with van der Waals surface area (Å²) >= 11 is 0. The molecule has 1 aromatic rings. The van der Waals surface area contributed by atoms with E-state index in [4.69, 9.17) is 0 Å². The molecule has 1 aliphatic heterocycles. The molecule has 1 aromatic heterocycles. The van der Waals surface area contributed by atoms with Crippen molar-refractivity contribution in [3.63, 3.8) is 0 Å². The van der Waals surface area contributed by atoms with Crippen LogP contribution in [-0.4, -0.2) is 17.4 Å². The smallest absolute Gasteiger partial charge is 0.253 e. The molecule has 0 saturated heterocycles. The van der Waals surface area contributed by atoms with Gasteiger partial charge >= 0.3 is 0 Å². The average molecular weight is 164 g/mol. The van der Waals surface area contributed by atoms with E-state index >= 15 is 0 Å². The lowest BCUT2D eigenvalue weighted by molar-refractivity contribution is 0.0956. The predicted octanol–water partition coefficient (Wildman–Crippen LogP) is 0.999. The minimum Gasteiger partial charge on any atom is -0.364 e. The number of hydrogen-bond donors (Lipinski definition) is 2. The fraction of sp³-hybridized carbons (Fsp3) is 0.444. The monoisotopic (exact) mass is 164 g/mol. The zero-order chi connectivity index (χ0) is 8.55. The Hall–Kier alpha value is -1.25. The van der Waals surface area contributed by atoms with Crippen LogP contribution in [0.15, 0.2) is 6.20 Å². The van der Waals surface area contributed by atoms with Crippen molar-refractivity contribution in [1.29, 1.82) is 0 Å². The molecule has 0 aliphatic carbocycles. The van der Waals surface area contributed by atoms with Crippen molar-refractivity contribution in [2.45, 2.75) is 19.8 Å². The first-order chi connectivity index (χ1) is 5.79. The summed E-state index contributed by atoms with van der Waals surface area (Å²) in [4.78, 5) is 14.5. The lowest BCUT2D eigenvalue weighted by atomic mass is 10.1. The van der Waals surface area contributed by atoms with E-state index in [-0.39, 0.29) is 5.91 Å². The number of nitrogens with one attached hydrogen (secondary N) is 2. The lowest BCUT2D eigenvalue weighted by Crippen LogP contribution is -2.22. The van der Waals surface area contributed by atoms with E-state index in [1.165, 1.54) is 5.56 Å². The van der Waals surface area contributed by atoms with Gasteiger partial charge < -0.3 is 10.3 Å². The molecule has 3 heteroatoms. The van der Waals surface area contributed by atoms with Gasteiger partial charge in [-0.25, -0.2) is 0 Å². The number of carbonyl (C=O) groups excluding carboxylic acids is 1. The molecular weight excluding hydrogens is 152 g/mol. The Bertz CT molecular complexity index is 314. The Balaban J connectivity index is 2.47. The Kier molecular flexibility index (Phi) is 1.64. The molecular formula is C9H12N2O. The van der Waals surface area contributed by atoms with Gasteiger partial charge in [-0.1, -0.05) is 0 Å². The third kappa shape index (κ3) is 1.02. The van der Waals surface area contributed by atoms with E-state index in [0.29, 0.717) is 0 Å². The van der Waals surface area contributed by atoms with Crippen molar-refractivity contribution in [3.8, 4) is 0 Å². The van der Waals surface area contributed by atoms with Gasteiger partial charge in [0.05, 0.1) is 5.56 Å². The molecule has 2 heterocycles. The van der Waals surface area contributed by atoms with Gasteiger partial charge in [-0.05, 0) is 25.3 Å². The fourth-order valence-electron chi connectivity index (χ4n) is 1.64. The maximum Gasteiger partial charge on any atom is 0.253 e. The standard InChI is InChI=1S/C9H12N2O/c1-6-7-3-2-4-10-9(12)8(7)5-11-6/h5,11H,2-4H2,1H3,(H,10,12). The molecule has 0 fully saturated rings. The highest BCUT2D eigenvalue weighted by Crippen LogP contribution is 2.17. The highest BCUT2D eigenvalue weighted by Gasteiger charge is 2.17. The highest BCUT2D eigenvalue weighted by atomic mass is 16.1. The highest BCUT2D eigenvalue weighted by molar-refractivity contribution is 5.96. The van der Waals surface area contributed by atoms with E-state index in [0.717, 1.165) is 30.6 Å². The van der Waals surface area contributed by atoms with Crippen LogP contribution in [0.2, 0.25) is 0 Å². The van der Waals surface area contributed by atoms with Crippen molar-refractivity contribution >= 4 is 5.91 Å². The Labute approximate surface area is 71.2 Å². The first kappa shape index (κ1) is 7.40. The van der Waals surface area contributed by atoms with E-state index < -0.39 is 0 Å². The van der Waals surface area contributed by atoms with Crippen LogP contribution in [-0.2, 0) is 6.42 Å². The summed E-state index contributed by atoms with van der Waals surface area (Å²) in [7, 11) is 0. The number of aromatic nitrogens is 1. The number of aryl methyl sites for hydroxylation is 1. The third-order valence-corrected chi connectivity index (χ3v) is 2.34.